The van der Waals surface area contributed by atoms with E-state index in [2.05, 4.69) is 15.4 Å². The molecule has 1 saturated heterocycles. The summed E-state index contributed by atoms with van der Waals surface area (Å²) < 4.78 is 36.7. The highest BCUT2D eigenvalue weighted by Gasteiger charge is 2.31. The number of anilines is 2. The molecule has 0 bridgehead atoms. The molecule has 0 radical (unpaired) electrons. The lowest BCUT2D eigenvalue weighted by Gasteiger charge is -2.29. The molecule has 0 unspecified atom stereocenters. The number of nitrogens with zero attached hydrogens (tertiary/aromatic N) is 2. The van der Waals surface area contributed by atoms with Gasteiger partial charge in [0.25, 0.3) is 11.8 Å². The lowest BCUT2D eigenvalue weighted by atomic mass is 10.2. The number of hydrogen-bond donors (Lipinski definition) is 2. The Bertz CT molecular complexity index is 1150. The number of ether oxygens (including phenoxy) is 2. The van der Waals surface area contributed by atoms with Crippen molar-refractivity contribution in [1.82, 2.24) is 10.2 Å². The fourth-order valence-electron chi connectivity index (χ4n) is 3.98. The van der Waals surface area contributed by atoms with Crippen LogP contribution in [0.5, 0.6) is 5.75 Å². The molecule has 2 N–H and O–H groups in total. The molecule has 2 aromatic rings. The van der Waals surface area contributed by atoms with Crippen molar-refractivity contribution in [3.8, 4) is 5.75 Å². The number of rotatable bonds is 11. The van der Waals surface area contributed by atoms with Crippen molar-refractivity contribution in [1.29, 1.82) is 0 Å². The van der Waals surface area contributed by atoms with Crippen LogP contribution in [0.15, 0.2) is 30.3 Å². The zero-order chi connectivity index (χ0) is 26.5. The lowest BCUT2D eigenvalue weighted by Crippen LogP contribution is -2.49. The van der Waals surface area contributed by atoms with Gasteiger partial charge in [0.2, 0.25) is 5.91 Å². The summed E-state index contributed by atoms with van der Waals surface area (Å²) in [5.41, 5.74) is 0.377. The van der Waals surface area contributed by atoms with E-state index in [0.29, 0.717) is 34.0 Å². The first-order valence-electron chi connectivity index (χ1n) is 11.7. The molecule has 2 heterocycles. The van der Waals surface area contributed by atoms with E-state index in [1.54, 1.807) is 25.2 Å². The van der Waals surface area contributed by atoms with Crippen molar-refractivity contribution in [2.45, 2.75) is 25.5 Å². The van der Waals surface area contributed by atoms with Gasteiger partial charge in [-0.15, -0.1) is 11.3 Å². The molecule has 9 nitrogen and oxygen atoms in total. The first kappa shape index (κ1) is 27.2. The molecule has 13 heteroatoms. The highest BCUT2D eigenvalue weighted by atomic mass is 35.5. The SMILES string of the molecule is CN(CC1CC1)[C@H](CNC(=O)c1ccc(Cl)s1)C(=O)Nc1ccc(N2CCOCC2=O)cc1OC(F)F. The standard InChI is InChI=1S/C24H27ClF2N4O5S/c1-30(12-14-2-3-14)17(11-28-23(34)19-6-7-20(25)37-19)22(33)29-16-5-4-15(10-18(16)36-24(26)27)31-8-9-35-13-21(31)32/h4-7,10,14,17,24H,2-3,8-9,11-13H2,1H3,(H,28,34)(H,29,33)/t17-/m1/s1. The molecule has 1 saturated carbocycles. The molecule has 1 aliphatic carbocycles. The molecule has 3 amide bonds. The number of hydrogen-bond acceptors (Lipinski definition) is 7. The van der Waals surface area contributed by atoms with E-state index in [0.717, 1.165) is 24.2 Å². The Morgan fingerprint density at radius 3 is 2.73 bits per heavy atom. The van der Waals surface area contributed by atoms with Gasteiger partial charge in [0, 0.05) is 31.4 Å². The van der Waals surface area contributed by atoms with Gasteiger partial charge < -0.3 is 25.0 Å². The topological polar surface area (TPSA) is 100 Å². The number of carbonyl (C=O) groups is 3. The number of nitrogens with one attached hydrogen (secondary N) is 2. The number of likely N-dealkylation sites (N-methyl/N-ethyl adjacent to an activating group) is 1. The highest BCUT2D eigenvalue weighted by Crippen LogP contribution is 2.33. The third kappa shape index (κ3) is 7.37. The lowest BCUT2D eigenvalue weighted by molar-refractivity contribution is -0.125. The maximum absolute atomic E-state index is 13.3. The van der Waals surface area contributed by atoms with E-state index in [9.17, 15) is 23.2 Å². The van der Waals surface area contributed by atoms with Crippen molar-refractivity contribution in [2.24, 2.45) is 5.92 Å². The van der Waals surface area contributed by atoms with E-state index >= 15 is 0 Å². The molecule has 1 aliphatic heterocycles. The third-order valence-electron chi connectivity index (χ3n) is 6.07. The largest absolute Gasteiger partial charge is 0.433 e. The molecule has 2 fully saturated rings. The maximum atomic E-state index is 13.3. The molecule has 4 rings (SSSR count). The van der Waals surface area contributed by atoms with Gasteiger partial charge >= 0.3 is 6.61 Å². The summed E-state index contributed by atoms with van der Waals surface area (Å²) in [7, 11) is 1.78. The van der Waals surface area contributed by atoms with E-state index in [-0.39, 0.29) is 42.9 Å². The van der Waals surface area contributed by atoms with Crippen LogP contribution < -0.4 is 20.3 Å². The van der Waals surface area contributed by atoms with Gasteiger partial charge in [-0.05, 0) is 50.1 Å². The summed E-state index contributed by atoms with van der Waals surface area (Å²) in [5, 5.41) is 5.42. The molecular formula is C24H27ClF2N4O5S. The summed E-state index contributed by atoms with van der Waals surface area (Å²) in [6.07, 6.45) is 2.12. The number of amides is 3. The molecule has 200 valence electrons. The molecule has 1 atom stereocenters. The number of carbonyl (C=O) groups excluding carboxylic acids is 3. The molecular weight excluding hydrogens is 530 g/mol. The van der Waals surface area contributed by atoms with Crippen LogP contribution in [0.3, 0.4) is 0 Å². The van der Waals surface area contributed by atoms with Crippen molar-refractivity contribution in [3.05, 3.63) is 39.5 Å². The minimum absolute atomic E-state index is 0.00515. The van der Waals surface area contributed by atoms with Gasteiger partial charge in [0.05, 0.1) is 21.5 Å². The fourth-order valence-corrected chi connectivity index (χ4v) is 4.94. The molecule has 2 aliphatic rings. The predicted octanol–water partition coefficient (Wildman–Crippen LogP) is 3.45. The van der Waals surface area contributed by atoms with Crippen LogP contribution in [0.1, 0.15) is 22.5 Å². The Labute approximate surface area is 221 Å². The Morgan fingerprint density at radius 2 is 2.08 bits per heavy atom. The van der Waals surface area contributed by atoms with E-state index in [4.69, 9.17) is 16.3 Å². The minimum atomic E-state index is -3.14. The Morgan fingerprint density at radius 1 is 1.30 bits per heavy atom. The quantitative estimate of drug-likeness (QED) is 0.440. The van der Waals surface area contributed by atoms with Gasteiger partial charge in [0.1, 0.15) is 12.6 Å². The van der Waals surface area contributed by atoms with Crippen LogP contribution in [0.2, 0.25) is 4.34 Å². The second-order valence-electron chi connectivity index (χ2n) is 8.86. The first-order valence-corrected chi connectivity index (χ1v) is 12.9. The summed E-state index contributed by atoms with van der Waals surface area (Å²) in [4.78, 5) is 41.7. The third-order valence-corrected chi connectivity index (χ3v) is 7.30. The normalized spacial score (nSPS) is 16.7. The van der Waals surface area contributed by atoms with Crippen molar-refractivity contribution in [2.75, 3.05) is 50.1 Å². The second kappa shape index (κ2) is 12.2. The van der Waals surface area contributed by atoms with Crippen LogP contribution in [-0.2, 0) is 14.3 Å². The van der Waals surface area contributed by atoms with E-state index in [1.807, 2.05) is 4.90 Å². The fraction of sp³-hybridized carbons (Fsp3) is 0.458. The Balaban J connectivity index is 1.51. The smallest absolute Gasteiger partial charge is 0.387 e. The Hall–Kier alpha value is -2.80. The van der Waals surface area contributed by atoms with E-state index < -0.39 is 18.6 Å². The summed E-state index contributed by atoms with van der Waals surface area (Å²) in [5.74, 6) is -0.982. The van der Waals surface area contributed by atoms with Crippen LogP contribution in [0, 0.1) is 5.92 Å². The van der Waals surface area contributed by atoms with Gasteiger partial charge in [-0.2, -0.15) is 8.78 Å². The van der Waals surface area contributed by atoms with Crippen LogP contribution in [-0.4, -0.2) is 75.2 Å². The number of thiophene rings is 1. The average molecular weight is 557 g/mol. The van der Waals surface area contributed by atoms with Crippen LogP contribution in [0.25, 0.3) is 0 Å². The van der Waals surface area contributed by atoms with Crippen molar-refractivity contribution < 1.29 is 32.6 Å². The van der Waals surface area contributed by atoms with Gasteiger partial charge in [-0.1, -0.05) is 11.6 Å². The van der Waals surface area contributed by atoms with E-state index in [1.165, 1.54) is 17.0 Å². The number of morpholine rings is 1. The van der Waals surface area contributed by atoms with Gasteiger partial charge in [-0.3, -0.25) is 19.3 Å². The number of alkyl halides is 2. The van der Waals surface area contributed by atoms with Gasteiger partial charge in [-0.25, -0.2) is 0 Å². The maximum Gasteiger partial charge on any atom is 0.387 e. The average Bonchev–Trinajstić information content (AvgIpc) is 3.56. The van der Waals surface area contributed by atoms with Crippen molar-refractivity contribution >= 4 is 52.0 Å². The molecule has 37 heavy (non-hydrogen) atoms. The molecule has 1 aromatic heterocycles. The monoisotopic (exact) mass is 556 g/mol. The predicted molar refractivity (Wildman–Crippen MR) is 136 cm³/mol. The summed E-state index contributed by atoms with van der Waals surface area (Å²) in [6.45, 7) is -2.03. The summed E-state index contributed by atoms with van der Waals surface area (Å²) in [6, 6.07) is 6.68. The first-order chi connectivity index (χ1) is 17.7. The van der Waals surface area contributed by atoms with Crippen LogP contribution >= 0.6 is 22.9 Å². The van der Waals surface area contributed by atoms with Crippen molar-refractivity contribution in [3.63, 3.8) is 0 Å². The zero-order valence-corrected chi connectivity index (χ0v) is 21.6. The Kier molecular flexibility index (Phi) is 8.95. The summed E-state index contributed by atoms with van der Waals surface area (Å²) >= 11 is 7.04. The minimum Gasteiger partial charge on any atom is -0.433 e. The van der Waals surface area contributed by atoms with Crippen LogP contribution in [0.4, 0.5) is 20.2 Å². The number of halogens is 3. The number of benzene rings is 1. The second-order valence-corrected chi connectivity index (χ2v) is 10.6. The molecule has 1 aromatic carbocycles. The highest BCUT2D eigenvalue weighted by molar-refractivity contribution is 7.18. The van der Waals surface area contributed by atoms with Gasteiger partial charge in [0.15, 0.2) is 5.75 Å². The zero-order valence-electron chi connectivity index (χ0n) is 20.0. The molecule has 0 spiro atoms.